The minimum Gasteiger partial charge on any atom is -0.331 e. The predicted molar refractivity (Wildman–Crippen MR) is 69.5 cm³/mol. The largest absolute Gasteiger partial charge is 0.331 e. The first-order valence-electron chi connectivity index (χ1n) is 6.42. The molecule has 18 heavy (non-hydrogen) atoms. The molecule has 0 saturated carbocycles. The van der Waals surface area contributed by atoms with Gasteiger partial charge < -0.3 is 9.84 Å². The van der Waals surface area contributed by atoms with Crippen LogP contribution in [0, 0.1) is 0 Å². The van der Waals surface area contributed by atoms with Gasteiger partial charge in [-0.1, -0.05) is 43.3 Å². The van der Waals surface area contributed by atoms with E-state index >= 15 is 0 Å². The predicted octanol–water partition coefficient (Wildman–Crippen LogP) is 3.29. The molecule has 4 heteroatoms. The number of hydrogen-bond acceptors (Lipinski definition) is 4. The van der Waals surface area contributed by atoms with Gasteiger partial charge >= 0.3 is 6.01 Å². The van der Waals surface area contributed by atoms with E-state index in [2.05, 4.69) is 53.6 Å². The van der Waals surface area contributed by atoms with Crippen molar-refractivity contribution in [1.82, 2.24) is 10.1 Å². The highest BCUT2D eigenvalue weighted by Gasteiger charge is 2.23. The third kappa shape index (κ3) is 1.98. The van der Waals surface area contributed by atoms with Crippen molar-refractivity contribution >= 4 is 6.01 Å². The molecule has 1 heterocycles. The van der Waals surface area contributed by atoms with Gasteiger partial charge in [0.05, 0.1) is 6.04 Å². The van der Waals surface area contributed by atoms with Crippen molar-refractivity contribution in [3.63, 3.8) is 0 Å². The molecule has 0 fully saturated rings. The molecule has 0 radical (unpaired) electrons. The van der Waals surface area contributed by atoms with E-state index in [0.29, 0.717) is 18.0 Å². The van der Waals surface area contributed by atoms with Crippen molar-refractivity contribution in [2.24, 2.45) is 0 Å². The Labute approximate surface area is 106 Å². The fraction of sp³-hybridized carbons (Fsp3) is 0.429. The van der Waals surface area contributed by atoms with Crippen molar-refractivity contribution in [2.45, 2.75) is 38.6 Å². The fourth-order valence-electron chi connectivity index (χ4n) is 2.38. The highest BCUT2D eigenvalue weighted by atomic mass is 16.5. The lowest BCUT2D eigenvalue weighted by Gasteiger charge is -2.11. The average molecular weight is 243 g/mol. The second-order valence-corrected chi connectivity index (χ2v) is 5.05. The summed E-state index contributed by atoms with van der Waals surface area (Å²) in [6.45, 7) is 4.11. The molecule has 1 aromatic heterocycles. The molecule has 1 aromatic carbocycles. The van der Waals surface area contributed by atoms with Crippen molar-refractivity contribution in [1.29, 1.82) is 0 Å². The number of nitrogens with zero attached hydrogens (tertiary/aromatic N) is 2. The lowest BCUT2D eigenvalue weighted by Crippen LogP contribution is -2.07. The van der Waals surface area contributed by atoms with Crippen LogP contribution in [0.1, 0.15) is 49.2 Å². The molecule has 3 rings (SSSR count). The van der Waals surface area contributed by atoms with E-state index in [1.54, 1.807) is 0 Å². The number of anilines is 1. The van der Waals surface area contributed by atoms with Gasteiger partial charge in [-0.3, -0.25) is 0 Å². The second kappa shape index (κ2) is 4.44. The Morgan fingerprint density at radius 1 is 1.33 bits per heavy atom. The molecule has 1 aliphatic carbocycles. The van der Waals surface area contributed by atoms with Crippen LogP contribution >= 0.6 is 0 Å². The summed E-state index contributed by atoms with van der Waals surface area (Å²) in [5.74, 6) is 1.05. The molecule has 1 aliphatic rings. The number of nitrogens with one attached hydrogen (secondary N) is 1. The van der Waals surface area contributed by atoms with E-state index in [-0.39, 0.29) is 0 Å². The molecule has 1 unspecified atom stereocenters. The smallest absolute Gasteiger partial charge is 0.321 e. The molecule has 2 aromatic rings. The summed E-state index contributed by atoms with van der Waals surface area (Å²) in [6, 6.07) is 9.34. The first-order valence-corrected chi connectivity index (χ1v) is 6.42. The number of benzene rings is 1. The van der Waals surface area contributed by atoms with Gasteiger partial charge in [0.25, 0.3) is 0 Å². The number of aromatic nitrogens is 2. The molecule has 0 amide bonds. The molecular formula is C14H17N3O. The summed E-state index contributed by atoms with van der Waals surface area (Å²) >= 11 is 0. The Balaban J connectivity index is 1.78. The molecule has 0 saturated heterocycles. The van der Waals surface area contributed by atoms with Gasteiger partial charge in [0, 0.05) is 5.92 Å². The van der Waals surface area contributed by atoms with Gasteiger partial charge in [0.1, 0.15) is 0 Å². The molecule has 0 aliphatic heterocycles. The van der Waals surface area contributed by atoms with Gasteiger partial charge in [0.15, 0.2) is 5.82 Å². The van der Waals surface area contributed by atoms with Gasteiger partial charge in [0.2, 0.25) is 0 Å². The van der Waals surface area contributed by atoms with Crippen molar-refractivity contribution in [2.75, 3.05) is 5.32 Å². The maximum Gasteiger partial charge on any atom is 0.321 e. The summed E-state index contributed by atoms with van der Waals surface area (Å²) in [5.41, 5.74) is 2.76. The third-order valence-electron chi connectivity index (χ3n) is 3.39. The zero-order valence-electron chi connectivity index (χ0n) is 10.7. The zero-order chi connectivity index (χ0) is 12.5. The van der Waals surface area contributed by atoms with Crippen LogP contribution in [0.2, 0.25) is 0 Å². The van der Waals surface area contributed by atoms with Crippen LogP contribution < -0.4 is 5.32 Å². The number of hydrogen-bond donors (Lipinski definition) is 1. The Morgan fingerprint density at radius 2 is 2.17 bits per heavy atom. The third-order valence-corrected chi connectivity index (χ3v) is 3.39. The van der Waals surface area contributed by atoms with Gasteiger partial charge in [-0.25, -0.2) is 0 Å². The summed E-state index contributed by atoms with van der Waals surface area (Å²) < 4.78 is 5.23. The highest BCUT2D eigenvalue weighted by Crippen LogP contribution is 2.33. The van der Waals surface area contributed by atoms with Crippen LogP contribution in [0.4, 0.5) is 6.01 Å². The van der Waals surface area contributed by atoms with Crippen LogP contribution in [0.5, 0.6) is 0 Å². The van der Waals surface area contributed by atoms with E-state index in [4.69, 9.17) is 4.52 Å². The maximum absolute atomic E-state index is 5.23. The minimum atomic E-state index is 0.292. The normalized spacial score (nSPS) is 18.1. The standard InChI is InChI=1S/C14H17N3O/c1-9(2)13-16-14(18-17-13)15-12-8-7-10-5-3-4-6-11(10)12/h3-6,9,12H,7-8H2,1-2H3,(H,15,16,17). The van der Waals surface area contributed by atoms with E-state index in [1.165, 1.54) is 11.1 Å². The number of rotatable bonds is 3. The summed E-state index contributed by atoms with van der Waals surface area (Å²) in [5, 5.41) is 7.30. The van der Waals surface area contributed by atoms with Crippen LogP contribution in [0.25, 0.3) is 0 Å². The van der Waals surface area contributed by atoms with Crippen LogP contribution in [-0.4, -0.2) is 10.1 Å². The molecular weight excluding hydrogens is 226 g/mol. The monoisotopic (exact) mass is 243 g/mol. The summed E-state index contributed by atoms with van der Waals surface area (Å²) in [4.78, 5) is 4.36. The number of fused-ring (bicyclic) bond motifs is 1. The molecule has 1 N–H and O–H groups in total. The van der Waals surface area contributed by atoms with Gasteiger partial charge in [-0.15, -0.1) is 0 Å². The highest BCUT2D eigenvalue weighted by molar-refractivity contribution is 5.39. The lowest BCUT2D eigenvalue weighted by molar-refractivity contribution is 0.415. The SMILES string of the molecule is CC(C)c1noc(NC2CCc3ccccc32)n1. The van der Waals surface area contributed by atoms with E-state index in [1.807, 2.05) is 0 Å². The van der Waals surface area contributed by atoms with Gasteiger partial charge in [-0.2, -0.15) is 4.98 Å². The molecule has 94 valence electrons. The average Bonchev–Trinajstić information content (AvgIpc) is 2.98. The molecule has 0 spiro atoms. The van der Waals surface area contributed by atoms with Crippen molar-refractivity contribution in [3.8, 4) is 0 Å². The van der Waals surface area contributed by atoms with Crippen LogP contribution in [0.3, 0.4) is 0 Å². The fourth-order valence-corrected chi connectivity index (χ4v) is 2.38. The molecule has 0 bridgehead atoms. The van der Waals surface area contributed by atoms with Crippen molar-refractivity contribution in [3.05, 3.63) is 41.2 Å². The zero-order valence-corrected chi connectivity index (χ0v) is 10.7. The van der Waals surface area contributed by atoms with E-state index < -0.39 is 0 Å². The van der Waals surface area contributed by atoms with E-state index in [9.17, 15) is 0 Å². The molecule has 4 nitrogen and oxygen atoms in total. The molecule has 1 atom stereocenters. The quantitative estimate of drug-likeness (QED) is 0.898. The Kier molecular flexibility index (Phi) is 2.78. The van der Waals surface area contributed by atoms with Gasteiger partial charge in [-0.05, 0) is 24.0 Å². The maximum atomic E-state index is 5.23. The van der Waals surface area contributed by atoms with E-state index in [0.717, 1.165) is 18.7 Å². The Hall–Kier alpha value is -1.84. The summed E-state index contributed by atoms with van der Waals surface area (Å²) in [7, 11) is 0. The Bertz CT molecular complexity index is 547. The second-order valence-electron chi connectivity index (χ2n) is 5.05. The van der Waals surface area contributed by atoms with Crippen LogP contribution in [-0.2, 0) is 6.42 Å². The minimum absolute atomic E-state index is 0.292. The lowest BCUT2D eigenvalue weighted by atomic mass is 10.1. The topological polar surface area (TPSA) is 51.0 Å². The van der Waals surface area contributed by atoms with Crippen molar-refractivity contribution < 1.29 is 4.52 Å². The Morgan fingerprint density at radius 3 is 2.94 bits per heavy atom. The first-order chi connectivity index (χ1) is 8.74. The summed E-state index contributed by atoms with van der Waals surface area (Å²) in [6.07, 6.45) is 2.19. The van der Waals surface area contributed by atoms with Crippen LogP contribution in [0.15, 0.2) is 28.8 Å². The number of aryl methyl sites for hydroxylation is 1. The first kappa shape index (κ1) is 11.3.